The molecular weight excluding hydrogens is 508 g/mol. The number of aromatic nitrogens is 4. The summed E-state index contributed by atoms with van der Waals surface area (Å²) in [7, 11) is -0.207. The number of benzene rings is 1. The van der Waals surface area contributed by atoms with E-state index in [0.29, 0.717) is 17.2 Å². The molecule has 0 bridgehead atoms. The molecule has 3 rings (SSSR count). The van der Waals surface area contributed by atoms with Crippen LogP contribution >= 0.6 is 11.6 Å². The molecule has 2 aromatic heterocycles. The van der Waals surface area contributed by atoms with Crippen LogP contribution in [0.2, 0.25) is 30.7 Å². The Morgan fingerprint density at radius 1 is 1.19 bits per heavy atom. The first-order valence-corrected chi connectivity index (χ1v) is 15.3. The minimum Gasteiger partial charge on any atom is -0.464 e. The number of esters is 1. The van der Waals surface area contributed by atoms with Crippen LogP contribution < -0.4 is 11.2 Å². The monoisotopic (exact) mass is 536 g/mol. The fourth-order valence-corrected chi connectivity index (χ4v) is 4.12. The summed E-state index contributed by atoms with van der Waals surface area (Å²) >= 11 is 5.87. The molecular formula is C23H29ClN4O7Si. The highest BCUT2D eigenvalue weighted by Gasteiger charge is 2.21. The van der Waals surface area contributed by atoms with E-state index in [2.05, 4.69) is 29.8 Å². The van der Waals surface area contributed by atoms with Crippen LogP contribution in [0.3, 0.4) is 0 Å². The number of methoxy groups -OCH3 is 1. The second kappa shape index (κ2) is 11.8. The van der Waals surface area contributed by atoms with Crippen LogP contribution in [0.5, 0.6) is 0 Å². The second-order valence-corrected chi connectivity index (χ2v) is 15.4. The Balaban J connectivity index is 1.80. The summed E-state index contributed by atoms with van der Waals surface area (Å²) in [6, 6.07) is 8.56. The number of rotatable bonds is 11. The number of aliphatic hydroxyl groups is 1. The normalized spacial score (nSPS) is 12.5. The predicted molar refractivity (Wildman–Crippen MR) is 134 cm³/mol. The first kappa shape index (κ1) is 27.5. The van der Waals surface area contributed by atoms with E-state index in [4.69, 9.17) is 25.6 Å². The van der Waals surface area contributed by atoms with E-state index in [0.717, 1.165) is 28.4 Å². The number of hydrogen-bond acceptors (Lipinski definition) is 9. The number of aliphatic hydroxyl groups excluding tert-OH is 1. The third kappa shape index (κ3) is 7.23. The molecule has 1 aromatic carbocycles. The van der Waals surface area contributed by atoms with Crippen LogP contribution in [0.1, 0.15) is 33.9 Å². The van der Waals surface area contributed by atoms with E-state index in [1.165, 1.54) is 0 Å². The lowest BCUT2D eigenvalue weighted by atomic mass is 10.1. The number of nitrogens with zero attached hydrogens (tertiary/aromatic N) is 4. The van der Waals surface area contributed by atoms with Crippen molar-refractivity contribution in [3.63, 3.8) is 0 Å². The number of halogens is 1. The van der Waals surface area contributed by atoms with Gasteiger partial charge in [0.15, 0.2) is 5.82 Å². The molecule has 0 aliphatic carbocycles. The molecule has 0 amide bonds. The molecule has 1 N–H and O–H groups in total. The third-order valence-electron chi connectivity index (χ3n) is 5.32. The van der Waals surface area contributed by atoms with E-state index >= 15 is 0 Å². The quantitative estimate of drug-likeness (QED) is 0.222. The van der Waals surface area contributed by atoms with Gasteiger partial charge in [-0.05, 0) is 23.7 Å². The zero-order valence-electron chi connectivity index (χ0n) is 20.6. The fraction of sp³-hybridized carbons (Fsp3) is 0.435. The van der Waals surface area contributed by atoms with Gasteiger partial charge in [-0.2, -0.15) is 4.98 Å². The maximum atomic E-state index is 13.1. The summed E-state index contributed by atoms with van der Waals surface area (Å²) in [5.74, 6) is -0.646. The summed E-state index contributed by atoms with van der Waals surface area (Å²) in [5.41, 5.74) is -1.11. The number of carbonyl (C=O) groups excluding carboxylic acids is 1. The maximum absolute atomic E-state index is 13.1. The average Bonchev–Trinajstić information content (AvgIpc) is 3.26. The molecule has 1 unspecified atom stereocenters. The van der Waals surface area contributed by atoms with Crippen molar-refractivity contribution in [2.24, 2.45) is 0 Å². The highest BCUT2D eigenvalue weighted by atomic mass is 35.5. The van der Waals surface area contributed by atoms with Gasteiger partial charge in [0.25, 0.3) is 5.56 Å². The smallest absolute Gasteiger partial charge is 0.355 e. The molecule has 0 aliphatic heterocycles. The van der Waals surface area contributed by atoms with Gasteiger partial charge in [-0.25, -0.2) is 9.59 Å². The van der Waals surface area contributed by atoms with Gasteiger partial charge in [0, 0.05) is 32.2 Å². The first-order valence-electron chi connectivity index (χ1n) is 11.2. The summed E-state index contributed by atoms with van der Waals surface area (Å²) in [6.45, 7) is 6.43. The maximum Gasteiger partial charge on any atom is 0.355 e. The Kier molecular flexibility index (Phi) is 9.01. The SMILES string of the molecule is COC(=O)c1cc(=O)n(Cc2nc(CC(O)c3ccc(Cl)cc3)no2)c(=O)n1COCC[Si](C)(C)C. The molecule has 13 heteroatoms. The Bertz CT molecular complexity index is 1310. The largest absolute Gasteiger partial charge is 0.464 e. The zero-order valence-corrected chi connectivity index (χ0v) is 22.3. The van der Waals surface area contributed by atoms with Gasteiger partial charge in [0.05, 0.1) is 13.2 Å². The lowest BCUT2D eigenvalue weighted by Gasteiger charge is -2.17. The molecule has 0 radical (unpaired) electrons. The van der Waals surface area contributed by atoms with Crippen molar-refractivity contribution in [3.05, 3.63) is 79.2 Å². The fourth-order valence-electron chi connectivity index (χ4n) is 3.24. The van der Waals surface area contributed by atoms with Crippen molar-refractivity contribution in [2.75, 3.05) is 13.7 Å². The van der Waals surface area contributed by atoms with E-state index in [1.807, 2.05) is 0 Å². The zero-order chi connectivity index (χ0) is 26.5. The van der Waals surface area contributed by atoms with Crippen molar-refractivity contribution in [1.82, 2.24) is 19.3 Å². The lowest BCUT2D eigenvalue weighted by Crippen LogP contribution is -2.43. The number of hydrogen-bond donors (Lipinski definition) is 1. The van der Waals surface area contributed by atoms with Gasteiger partial charge >= 0.3 is 11.7 Å². The molecule has 2 heterocycles. The van der Waals surface area contributed by atoms with Crippen molar-refractivity contribution in [1.29, 1.82) is 0 Å². The average molecular weight is 537 g/mol. The van der Waals surface area contributed by atoms with Crippen LogP contribution in [0, 0.1) is 0 Å². The van der Waals surface area contributed by atoms with E-state index < -0.39 is 31.4 Å². The third-order valence-corrected chi connectivity index (χ3v) is 7.28. The second-order valence-electron chi connectivity index (χ2n) is 9.38. The van der Waals surface area contributed by atoms with Crippen molar-refractivity contribution < 1.29 is 23.9 Å². The minimum atomic E-state index is -1.37. The van der Waals surface area contributed by atoms with Gasteiger partial charge in [0.2, 0.25) is 5.89 Å². The van der Waals surface area contributed by atoms with Gasteiger partial charge in [-0.1, -0.05) is 48.5 Å². The minimum absolute atomic E-state index is 0.00970. The molecule has 0 aliphatic rings. The van der Waals surface area contributed by atoms with Crippen molar-refractivity contribution in [3.8, 4) is 0 Å². The predicted octanol–water partition coefficient (Wildman–Crippen LogP) is 2.47. The van der Waals surface area contributed by atoms with E-state index in [1.54, 1.807) is 24.3 Å². The standard InChI is InChI=1S/C23H29ClN4O7Si/c1-33-22(31)17-11-21(30)27(23(32)28(17)14-34-9-10-36(2,3)4)13-20-25-19(26-35-20)12-18(29)15-5-7-16(24)8-6-15/h5-8,11,18,29H,9-10,12-14H2,1-4H3. The Morgan fingerprint density at radius 3 is 2.53 bits per heavy atom. The van der Waals surface area contributed by atoms with Crippen molar-refractivity contribution >= 4 is 25.6 Å². The molecule has 194 valence electrons. The Labute approximate surface area is 213 Å². The van der Waals surface area contributed by atoms with Crippen LogP contribution in [-0.2, 0) is 29.2 Å². The Morgan fingerprint density at radius 2 is 1.89 bits per heavy atom. The summed E-state index contributed by atoms with van der Waals surface area (Å²) in [6.07, 6.45) is -0.850. The van der Waals surface area contributed by atoms with Gasteiger partial charge < -0.3 is 19.1 Å². The highest BCUT2D eigenvalue weighted by Crippen LogP contribution is 2.19. The summed E-state index contributed by atoms with van der Waals surface area (Å²) in [5, 5.41) is 14.8. The molecule has 1 atom stereocenters. The van der Waals surface area contributed by atoms with E-state index in [-0.39, 0.29) is 37.1 Å². The summed E-state index contributed by atoms with van der Waals surface area (Å²) < 4.78 is 17.5. The molecule has 3 aromatic rings. The molecule has 0 fully saturated rings. The van der Waals surface area contributed by atoms with Gasteiger partial charge in [0.1, 0.15) is 19.0 Å². The topological polar surface area (TPSA) is 139 Å². The number of carbonyl (C=O) groups is 1. The molecule has 36 heavy (non-hydrogen) atoms. The van der Waals surface area contributed by atoms with Crippen LogP contribution in [-0.4, -0.2) is 52.1 Å². The molecule has 0 spiro atoms. The Hall–Kier alpha value is -3.06. The molecule has 0 saturated carbocycles. The van der Waals surface area contributed by atoms with Crippen LogP contribution in [0.25, 0.3) is 0 Å². The highest BCUT2D eigenvalue weighted by molar-refractivity contribution is 6.76. The van der Waals surface area contributed by atoms with Crippen LogP contribution in [0.15, 0.2) is 44.4 Å². The van der Waals surface area contributed by atoms with Crippen LogP contribution in [0.4, 0.5) is 0 Å². The number of ether oxygens (including phenoxy) is 2. The van der Waals surface area contributed by atoms with Gasteiger partial charge in [-0.3, -0.25) is 13.9 Å². The molecule has 11 nitrogen and oxygen atoms in total. The first-order chi connectivity index (χ1) is 17.0. The molecule has 0 saturated heterocycles. The lowest BCUT2D eigenvalue weighted by molar-refractivity contribution is 0.0523. The summed E-state index contributed by atoms with van der Waals surface area (Å²) in [4.78, 5) is 42.2. The van der Waals surface area contributed by atoms with Gasteiger partial charge in [-0.15, -0.1) is 0 Å². The van der Waals surface area contributed by atoms with Crippen molar-refractivity contribution in [2.45, 2.75) is 51.5 Å². The van der Waals surface area contributed by atoms with E-state index in [9.17, 15) is 19.5 Å².